The summed E-state index contributed by atoms with van der Waals surface area (Å²) in [5, 5.41) is 13.1. The number of nitrogens with zero attached hydrogens (tertiary/aromatic N) is 3. The van der Waals surface area contributed by atoms with Gasteiger partial charge in [-0.05, 0) is 31.5 Å². The van der Waals surface area contributed by atoms with E-state index in [2.05, 4.69) is 10.1 Å². The summed E-state index contributed by atoms with van der Waals surface area (Å²) < 4.78 is 1.33. The van der Waals surface area contributed by atoms with Crippen LogP contribution in [0, 0.1) is 13.8 Å². The molecule has 0 radical (unpaired) electrons. The highest BCUT2D eigenvalue weighted by Crippen LogP contribution is 2.10. The Labute approximate surface area is 92.4 Å². The zero-order valence-corrected chi connectivity index (χ0v) is 9.01. The lowest BCUT2D eigenvalue weighted by molar-refractivity contribution is 0.0687. The number of aryl methyl sites for hydroxylation is 2. The van der Waals surface area contributed by atoms with Gasteiger partial charge in [0.2, 0.25) is 0 Å². The van der Waals surface area contributed by atoms with E-state index in [9.17, 15) is 4.79 Å². The van der Waals surface area contributed by atoms with Crippen LogP contribution in [-0.4, -0.2) is 25.8 Å². The molecule has 16 heavy (non-hydrogen) atoms. The number of carboxylic acids is 1. The highest BCUT2D eigenvalue weighted by Gasteiger charge is 2.14. The normalized spacial score (nSPS) is 10.4. The Balaban J connectivity index is 2.55. The van der Waals surface area contributed by atoms with Crippen molar-refractivity contribution in [3.63, 3.8) is 0 Å². The summed E-state index contributed by atoms with van der Waals surface area (Å²) in [5.74, 6) is -0.501. The first-order valence-corrected chi connectivity index (χ1v) is 4.81. The molecule has 0 aliphatic carbocycles. The number of hydrogen-bond donors (Lipinski definition) is 1. The zero-order valence-electron chi connectivity index (χ0n) is 9.01. The third kappa shape index (κ3) is 1.79. The summed E-state index contributed by atoms with van der Waals surface area (Å²) in [6.07, 6.45) is 1.68. The van der Waals surface area contributed by atoms with Gasteiger partial charge in [-0.1, -0.05) is 6.07 Å². The molecule has 0 unspecified atom stereocenters. The first-order chi connectivity index (χ1) is 7.58. The zero-order chi connectivity index (χ0) is 11.7. The van der Waals surface area contributed by atoms with Gasteiger partial charge in [0.05, 0.1) is 5.69 Å². The maximum atomic E-state index is 11.0. The van der Waals surface area contributed by atoms with Crippen molar-refractivity contribution >= 4 is 5.97 Å². The van der Waals surface area contributed by atoms with Gasteiger partial charge in [0, 0.05) is 6.20 Å². The van der Waals surface area contributed by atoms with Crippen LogP contribution in [0.2, 0.25) is 0 Å². The Morgan fingerprint density at radius 2 is 2.12 bits per heavy atom. The predicted molar refractivity (Wildman–Crippen MR) is 57.8 cm³/mol. The third-order valence-corrected chi connectivity index (χ3v) is 2.16. The minimum Gasteiger partial charge on any atom is -0.477 e. The molecule has 1 N–H and O–H groups in total. The molecule has 2 aromatic heterocycles. The molecular formula is C11H11N3O2. The van der Waals surface area contributed by atoms with E-state index in [1.165, 1.54) is 10.7 Å². The van der Waals surface area contributed by atoms with Crippen molar-refractivity contribution < 1.29 is 9.90 Å². The maximum absolute atomic E-state index is 11.0. The average molecular weight is 217 g/mol. The smallest absolute Gasteiger partial charge is 0.354 e. The number of carbonyl (C=O) groups is 1. The molecule has 82 valence electrons. The van der Waals surface area contributed by atoms with Crippen LogP contribution in [0.5, 0.6) is 0 Å². The molecule has 0 aliphatic heterocycles. The van der Waals surface area contributed by atoms with Crippen molar-refractivity contribution in [3.05, 3.63) is 41.3 Å². The van der Waals surface area contributed by atoms with Gasteiger partial charge in [0.25, 0.3) is 0 Å². The lowest BCUT2D eigenvalue weighted by Gasteiger charge is -2.03. The van der Waals surface area contributed by atoms with Gasteiger partial charge in [0.1, 0.15) is 0 Å². The molecule has 0 amide bonds. The number of hydrogen-bond acceptors (Lipinski definition) is 3. The van der Waals surface area contributed by atoms with Gasteiger partial charge in [-0.25, -0.2) is 14.5 Å². The van der Waals surface area contributed by atoms with Crippen molar-refractivity contribution in [3.8, 4) is 5.82 Å². The summed E-state index contributed by atoms with van der Waals surface area (Å²) in [6.45, 7) is 3.67. The third-order valence-electron chi connectivity index (χ3n) is 2.16. The molecule has 2 heterocycles. The largest absolute Gasteiger partial charge is 0.477 e. The molecular weight excluding hydrogens is 206 g/mol. The molecule has 5 heteroatoms. The second kappa shape index (κ2) is 3.77. The van der Waals surface area contributed by atoms with Crippen molar-refractivity contribution in [2.75, 3.05) is 0 Å². The monoisotopic (exact) mass is 217 g/mol. The first kappa shape index (κ1) is 10.4. The van der Waals surface area contributed by atoms with E-state index in [1.807, 2.05) is 13.0 Å². The molecule has 0 aliphatic rings. The molecule has 5 nitrogen and oxygen atoms in total. The van der Waals surface area contributed by atoms with Gasteiger partial charge < -0.3 is 5.11 Å². The summed E-state index contributed by atoms with van der Waals surface area (Å²) in [4.78, 5) is 15.1. The Bertz CT molecular complexity index is 529. The van der Waals surface area contributed by atoms with E-state index in [-0.39, 0.29) is 5.69 Å². The van der Waals surface area contributed by atoms with Crippen molar-refractivity contribution in [1.82, 2.24) is 14.8 Å². The number of aromatic nitrogens is 3. The van der Waals surface area contributed by atoms with Crippen molar-refractivity contribution in [2.45, 2.75) is 13.8 Å². The Kier molecular flexibility index (Phi) is 2.44. The van der Waals surface area contributed by atoms with Crippen LogP contribution in [0.3, 0.4) is 0 Å². The number of rotatable bonds is 2. The molecule has 0 spiro atoms. The van der Waals surface area contributed by atoms with Crippen LogP contribution < -0.4 is 0 Å². The number of pyridine rings is 1. The minimum atomic E-state index is -1.01. The molecule has 0 fully saturated rings. The second-order valence-electron chi connectivity index (χ2n) is 3.58. The van der Waals surface area contributed by atoms with Gasteiger partial charge in [0.15, 0.2) is 11.5 Å². The minimum absolute atomic E-state index is 0.119. The van der Waals surface area contributed by atoms with Gasteiger partial charge in [-0.2, -0.15) is 5.10 Å². The highest BCUT2D eigenvalue weighted by atomic mass is 16.4. The second-order valence-corrected chi connectivity index (χ2v) is 3.58. The maximum Gasteiger partial charge on any atom is 0.354 e. The highest BCUT2D eigenvalue weighted by molar-refractivity contribution is 5.86. The Hall–Kier alpha value is -2.17. The van der Waals surface area contributed by atoms with Crippen LogP contribution in [-0.2, 0) is 0 Å². The molecule has 2 aromatic rings. The van der Waals surface area contributed by atoms with E-state index < -0.39 is 5.97 Å². The van der Waals surface area contributed by atoms with Crippen LogP contribution in [0.1, 0.15) is 21.7 Å². The first-order valence-electron chi connectivity index (χ1n) is 4.81. The lowest BCUT2D eigenvalue weighted by Crippen LogP contribution is -2.09. The quantitative estimate of drug-likeness (QED) is 0.829. The SMILES string of the molecule is Cc1ccc(-n2nc(C)cc2C(=O)O)nc1. The van der Waals surface area contributed by atoms with E-state index in [0.717, 1.165) is 5.56 Å². The van der Waals surface area contributed by atoms with E-state index in [4.69, 9.17) is 5.11 Å². The van der Waals surface area contributed by atoms with Crippen LogP contribution in [0.25, 0.3) is 5.82 Å². The molecule has 0 atom stereocenters. The molecule has 0 bridgehead atoms. The summed E-state index contributed by atoms with van der Waals surface area (Å²) in [5.41, 5.74) is 1.79. The van der Waals surface area contributed by atoms with Crippen molar-refractivity contribution in [2.24, 2.45) is 0 Å². The summed E-state index contributed by atoms with van der Waals surface area (Å²) in [6, 6.07) is 5.13. The summed E-state index contributed by atoms with van der Waals surface area (Å²) >= 11 is 0. The molecule has 2 rings (SSSR count). The Morgan fingerprint density at radius 3 is 2.69 bits per heavy atom. The van der Waals surface area contributed by atoms with Gasteiger partial charge >= 0.3 is 5.97 Å². The topological polar surface area (TPSA) is 68.0 Å². The predicted octanol–water partition coefficient (Wildman–Crippen LogP) is 1.58. The average Bonchev–Trinajstić information content (AvgIpc) is 2.61. The van der Waals surface area contributed by atoms with Crippen LogP contribution in [0.4, 0.5) is 0 Å². The fourth-order valence-corrected chi connectivity index (χ4v) is 1.41. The molecule has 0 aromatic carbocycles. The van der Waals surface area contributed by atoms with E-state index in [0.29, 0.717) is 11.5 Å². The van der Waals surface area contributed by atoms with E-state index in [1.54, 1.807) is 19.2 Å². The van der Waals surface area contributed by atoms with Crippen molar-refractivity contribution in [1.29, 1.82) is 0 Å². The lowest BCUT2D eigenvalue weighted by atomic mass is 10.3. The van der Waals surface area contributed by atoms with Crippen LogP contribution >= 0.6 is 0 Å². The number of carboxylic acid groups (broad SMARTS) is 1. The summed E-state index contributed by atoms with van der Waals surface area (Å²) in [7, 11) is 0. The fourth-order valence-electron chi connectivity index (χ4n) is 1.41. The standard InChI is InChI=1S/C11H11N3O2/c1-7-3-4-10(12-6-7)14-9(11(15)16)5-8(2)13-14/h3-6H,1-2H3,(H,15,16). The molecule has 0 saturated heterocycles. The van der Waals surface area contributed by atoms with Crippen LogP contribution in [0.15, 0.2) is 24.4 Å². The fraction of sp³-hybridized carbons (Fsp3) is 0.182. The Morgan fingerprint density at radius 1 is 1.38 bits per heavy atom. The number of aromatic carboxylic acids is 1. The van der Waals surface area contributed by atoms with Gasteiger partial charge in [-0.3, -0.25) is 0 Å². The molecule has 0 saturated carbocycles. The van der Waals surface area contributed by atoms with E-state index >= 15 is 0 Å². The van der Waals surface area contributed by atoms with Gasteiger partial charge in [-0.15, -0.1) is 0 Å².